The highest BCUT2D eigenvalue weighted by Gasteiger charge is 2.12. The third-order valence-corrected chi connectivity index (χ3v) is 4.34. The molecule has 0 bridgehead atoms. The van der Waals surface area contributed by atoms with Gasteiger partial charge in [-0.25, -0.2) is 0 Å². The molecule has 1 aromatic carbocycles. The highest BCUT2D eigenvalue weighted by atomic mass is 35.5. The van der Waals surface area contributed by atoms with Crippen molar-refractivity contribution in [1.82, 2.24) is 0 Å². The molecule has 1 N–H and O–H groups in total. The standard InChI is InChI=1S/C14H20ClNO2S/c15-13-1-3-14(4-2-13)19-12-11-18-10-7-16-5-8-17-9-6-16/h1-4H,5-12H2/p+1. The Kier molecular flexibility index (Phi) is 7.03. The van der Waals surface area contributed by atoms with Gasteiger partial charge in [-0.05, 0) is 24.3 Å². The van der Waals surface area contributed by atoms with Crippen molar-refractivity contribution in [3.8, 4) is 0 Å². The van der Waals surface area contributed by atoms with Gasteiger partial charge in [0.2, 0.25) is 0 Å². The summed E-state index contributed by atoms with van der Waals surface area (Å²) in [6.45, 7) is 6.75. The molecule has 0 aliphatic carbocycles. The average Bonchev–Trinajstić information content (AvgIpc) is 2.46. The summed E-state index contributed by atoms with van der Waals surface area (Å²) in [6.07, 6.45) is 0. The van der Waals surface area contributed by atoms with E-state index in [2.05, 4.69) is 0 Å². The lowest BCUT2D eigenvalue weighted by Gasteiger charge is -2.23. The molecule has 1 saturated heterocycles. The summed E-state index contributed by atoms with van der Waals surface area (Å²) in [6, 6.07) is 7.94. The molecule has 19 heavy (non-hydrogen) atoms. The molecule has 2 rings (SSSR count). The van der Waals surface area contributed by atoms with Gasteiger partial charge in [0.05, 0.1) is 26.4 Å². The Morgan fingerprint density at radius 2 is 1.89 bits per heavy atom. The van der Waals surface area contributed by atoms with E-state index in [9.17, 15) is 0 Å². The van der Waals surface area contributed by atoms with Crippen LogP contribution in [0.2, 0.25) is 5.02 Å². The van der Waals surface area contributed by atoms with Gasteiger partial charge >= 0.3 is 0 Å². The Hall–Kier alpha value is -0.260. The van der Waals surface area contributed by atoms with Crippen molar-refractivity contribution in [2.75, 3.05) is 51.8 Å². The minimum absolute atomic E-state index is 0.786. The molecule has 0 radical (unpaired) electrons. The van der Waals surface area contributed by atoms with Crippen LogP contribution in [0, 0.1) is 0 Å². The molecule has 0 saturated carbocycles. The van der Waals surface area contributed by atoms with E-state index < -0.39 is 0 Å². The molecule has 1 aliphatic heterocycles. The fraction of sp³-hybridized carbons (Fsp3) is 0.571. The third kappa shape index (κ3) is 6.15. The van der Waals surface area contributed by atoms with E-state index in [4.69, 9.17) is 21.1 Å². The summed E-state index contributed by atoms with van der Waals surface area (Å²) in [7, 11) is 0. The summed E-state index contributed by atoms with van der Waals surface area (Å²) in [4.78, 5) is 2.84. The van der Waals surface area contributed by atoms with E-state index in [0.29, 0.717) is 0 Å². The Morgan fingerprint density at radius 3 is 2.63 bits per heavy atom. The minimum atomic E-state index is 0.786. The Labute approximate surface area is 124 Å². The van der Waals surface area contributed by atoms with Crippen molar-refractivity contribution in [2.24, 2.45) is 0 Å². The third-order valence-electron chi connectivity index (χ3n) is 3.11. The van der Waals surface area contributed by atoms with Crippen molar-refractivity contribution >= 4 is 23.4 Å². The summed E-state index contributed by atoms with van der Waals surface area (Å²) in [5.74, 6) is 0.986. The second kappa shape index (κ2) is 8.82. The van der Waals surface area contributed by atoms with Crippen LogP contribution >= 0.6 is 23.4 Å². The molecule has 1 aromatic rings. The fourth-order valence-electron chi connectivity index (χ4n) is 1.98. The van der Waals surface area contributed by atoms with Gasteiger partial charge in [-0.3, -0.25) is 0 Å². The van der Waals surface area contributed by atoms with E-state index in [1.807, 2.05) is 24.3 Å². The Bertz CT molecular complexity index is 355. The van der Waals surface area contributed by atoms with Gasteiger partial charge in [-0.2, -0.15) is 0 Å². The smallest absolute Gasteiger partial charge is 0.101 e. The number of thioether (sulfide) groups is 1. The van der Waals surface area contributed by atoms with E-state index in [1.165, 1.54) is 4.90 Å². The van der Waals surface area contributed by atoms with Gasteiger partial charge in [0.15, 0.2) is 0 Å². The average molecular weight is 303 g/mol. The topological polar surface area (TPSA) is 22.9 Å². The first-order valence-corrected chi connectivity index (χ1v) is 8.08. The Morgan fingerprint density at radius 1 is 1.16 bits per heavy atom. The first-order valence-electron chi connectivity index (χ1n) is 6.72. The molecular weight excluding hydrogens is 282 g/mol. The molecular formula is C14H21ClNO2S+. The van der Waals surface area contributed by atoms with Gasteiger partial charge in [0.1, 0.15) is 19.6 Å². The van der Waals surface area contributed by atoms with E-state index >= 15 is 0 Å². The molecule has 106 valence electrons. The number of benzene rings is 1. The number of hydrogen-bond donors (Lipinski definition) is 1. The molecule has 0 aromatic heterocycles. The van der Waals surface area contributed by atoms with E-state index in [-0.39, 0.29) is 0 Å². The molecule has 0 unspecified atom stereocenters. The van der Waals surface area contributed by atoms with Crippen LogP contribution in [0.15, 0.2) is 29.2 Å². The predicted molar refractivity (Wildman–Crippen MR) is 79.4 cm³/mol. The number of halogens is 1. The maximum atomic E-state index is 5.84. The van der Waals surface area contributed by atoms with Gasteiger partial charge in [0.25, 0.3) is 0 Å². The number of morpholine rings is 1. The van der Waals surface area contributed by atoms with Crippen molar-refractivity contribution in [2.45, 2.75) is 4.90 Å². The number of ether oxygens (including phenoxy) is 2. The zero-order valence-corrected chi connectivity index (χ0v) is 12.6. The SMILES string of the molecule is Clc1ccc(SCCOCC[NH+]2CCOCC2)cc1. The molecule has 1 heterocycles. The van der Waals surface area contributed by atoms with E-state index in [1.54, 1.807) is 16.7 Å². The van der Waals surface area contributed by atoms with Crippen LogP contribution in [0.5, 0.6) is 0 Å². The number of quaternary nitrogens is 1. The van der Waals surface area contributed by atoms with Crippen LogP contribution in [-0.4, -0.2) is 51.8 Å². The first kappa shape index (κ1) is 15.1. The first-order chi connectivity index (χ1) is 9.34. The van der Waals surface area contributed by atoms with Crippen LogP contribution in [0.25, 0.3) is 0 Å². The predicted octanol–water partition coefficient (Wildman–Crippen LogP) is 1.36. The lowest BCUT2D eigenvalue weighted by atomic mass is 10.4. The normalized spacial score (nSPS) is 16.7. The number of rotatable bonds is 7. The van der Waals surface area contributed by atoms with Gasteiger partial charge < -0.3 is 14.4 Å². The highest BCUT2D eigenvalue weighted by molar-refractivity contribution is 7.99. The highest BCUT2D eigenvalue weighted by Crippen LogP contribution is 2.19. The maximum absolute atomic E-state index is 5.84. The lowest BCUT2D eigenvalue weighted by molar-refractivity contribution is -0.908. The second-order valence-corrected chi connectivity index (χ2v) is 6.13. The molecule has 1 fully saturated rings. The summed E-state index contributed by atoms with van der Waals surface area (Å²) >= 11 is 7.65. The molecule has 3 nitrogen and oxygen atoms in total. The second-order valence-electron chi connectivity index (χ2n) is 4.53. The van der Waals surface area contributed by atoms with Crippen molar-refractivity contribution < 1.29 is 14.4 Å². The molecule has 0 amide bonds. The van der Waals surface area contributed by atoms with Gasteiger partial charge in [-0.1, -0.05) is 11.6 Å². The number of nitrogens with one attached hydrogen (secondary N) is 1. The van der Waals surface area contributed by atoms with Gasteiger partial charge in [0, 0.05) is 15.7 Å². The van der Waals surface area contributed by atoms with Crippen LogP contribution in [-0.2, 0) is 9.47 Å². The fourth-order valence-corrected chi connectivity index (χ4v) is 2.87. The lowest BCUT2D eigenvalue weighted by Crippen LogP contribution is -3.14. The monoisotopic (exact) mass is 302 g/mol. The molecule has 0 spiro atoms. The summed E-state index contributed by atoms with van der Waals surface area (Å²) in [5.41, 5.74) is 0. The zero-order valence-electron chi connectivity index (χ0n) is 11.1. The number of hydrogen-bond acceptors (Lipinski definition) is 3. The Balaban J connectivity index is 1.49. The zero-order chi connectivity index (χ0) is 13.3. The summed E-state index contributed by atoms with van der Waals surface area (Å²) < 4.78 is 11.0. The van der Waals surface area contributed by atoms with E-state index in [0.717, 1.165) is 56.8 Å². The van der Waals surface area contributed by atoms with Crippen LogP contribution in [0.4, 0.5) is 0 Å². The van der Waals surface area contributed by atoms with Crippen LogP contribution in [0.3, 0.4) is 0 Å². The molecule has 1 aliphatic rings. The molecule has 5 heteroatoms. The maximum Gasteiger partial charge on any atom is 0.101 e. The van der Waals surface area contributed by atoms with Crippen LogP contribution in [0.1, 0.15) is 0 Å². The van der Waals surface area contributed by atoms with Crippen molar-refractivity contribution in [1.29, 1.82) is 0 Å². The quantitative estimate of drug-likeness (QED) is 0.608. The van der Waals surface area contributed by atoms with Crippen LogP contribution < -0.4 is 4.90 Å². The molecule has 0 atom stereocenters. The van der Waals surface area contributed by atoms with Crippen molar-refractivity contribution in [3.63, 3.8) is 0 Å². The van der Waals surface area contributed by atoms with Crippen molar-refractivity contribution in [3.05, 3.63) is 29.3 Å². The van der Waals surface area contributed by atoms with Gasteiger partial charge in [-0.15, -0.1) is 11.8 Å². The minimum Gasteiger partial charge on any atom is -0.375 e. The summed E-state index contributed by atoms with van der Waals surface area (Å²) in [5, 5.41) is 0.786. The largest absolute Gasteiger partial charge is 0.375 e.